The maximum absolute atomic E-state index is 13.0. The average molecular weight is 487 g/mol. The van der Waals surface area contributed by atoms with Crippen molar-refractivity contribution in [1.29, 1.82) is 5.26 Å². The molecule has 1 heterocycles. The molecule has 1 aliphatic rings. The molecule has 0 bridgehead atoms. The van der Waals surface area contributed by atoms with E-state index in [1.165, 1.54) is 12.1 Å². The van der Waals surface area contributed by atoms with Crippen molar-refractivity contribution in [2.45, 2.75) is 37.0 Å². The van der Waals surface area contributed by atoms with Crippen LogP contribution >= 0.6 is 0 Å². The van der Waals surface area contributed by atoms with Crippen LogP contribution in [0.15, 0.2) is 59.5 Å². The summed E-state index contributed by atoms with van der Waals surface area (Å²) in [7, 11) is -3.63. The van der Waals surface area contributed by atoms with Gasteiger partial charge in [-0.05, 0) is 55.1 Å². The molecule has 1 N–H and O–H groups in total. The van der Waals surface area contributed by atoms with Gasteiger partial charge < -0.3 is 4.90 Å². The maximum atomic E-state index is 13.0. The first-order valence-electron chi connectivity index (χ1n) is 11.9. The lowest BCUT2D eigenvalue weighted by Crippen LogP contribution is -2.48. The van der Waals surface area contributed by atoms with Gasteiger partial charge in [0.15, 0.2) is 0 Å². The summed E-state index contributed by atoms with van der Waals surface area (Å²) < 4.78 is 40.3. The minimum Gasteiger partial charge on any atom is -0.301 e. The molecule has 2 aromatic rings. The van der Waals surface area contributed by atoms with Crippen molar-refractivity contribution in [3.05, 3.63) is 66.0 Å². The number of hydrogen-bond donors (Lipinski definition) is 1. The zero-order valence-corrected chi connectivity index (χ0v) is 20.9. The summed E-state index contributed by atoms with van der Waals surface area (Å²) in [5.74, 6) is -0.227. The number of nitrogens with zero attached hydrogens (tertiary/aromatic N) is 3. The molecule has 1 fully saturated rings. The highest BCUT2D eigenvalue weighted by Gasteiger charge is 2.35. The van der Waals surface area contributed by atoms with E-state index in [-0.39, 0.29) is 10.8 Å². The van der Waals surface area contributed by atoms with E-state index in [1.54, 1.807) is 0 Å². The second-order valence-corrected chi connectivity index (χ2v) is 11.0. The Bertz CT molecular complexity index is 1050. The molecule has 0 radical (unpaired) electrons. The van der Waals surface area contributed by atoms with Gasteiger partial charge in [-0.25, -0.2) is 17.5 Å². The van der Waals surface area contributed by atoms with E-state index in [1.807, 2.05) is 18.2 Å². The molecule has 1 unspecified atom stereocenters. The number of nitrogens with one attached hydrogen (secondary N) is 1. The lowest BCUT2D eigenvalue weighted by atomic mass is 9.70. The predicted molar refractivity (Wildman–Crippen MR) is 132 cm³/mol. The Morgan fingerprint density at radius 3 is 2.15 bits per heavy atom. The second-order valence-electron chi connectivity index (χ2n) is 9.24. The van der Waals surface area contributed by atoms with Crippen LogP contribution in [-0.4, -0.2) is 64.0 Å². The van der Waals surface area contributed by atoms with Crippen molar-refractivity contribution < 1.29 is 12.8 Å². The largest absolute Gasteiger partial charge is 0.301 e. The highest BCUT2D eigenvalue weighted by molar-refractivity contribution is 7.89. The summed E-state index contributed by atoms with van der Waals surface area (Å²) in [6, 6.07) is 17.6. The molecule has 8 heteroatoms. The van der Waals surface area contributed by atoms with Gasteiger partial charge in [-0.15, -0.1) is 0 Å². The monoisotopic (exact) mass is 486 g/mol. The van der Waals surface area contributed by atoms with Crippen LogP contribution in [0.2, 0.25) is 0 Å². The summed E-state index contributed by atoms with van der Waals surface area (Å²) in [5.41, 5.74) is 0.630. The third kappa shape index (κ3) is 6.63. The fraction of sp³-hybridized carbons (Fsp3) is 0.500. The quantitative estimate of drug-likeness (QED) is 0.525. The molecule has 0 spiro atoms. The van der Waals surface area contributed by atoms with E-state index in [9.17, 15) is 18.1 Å². The smallest absolute Gasteiger partial charge is 0.240 e. The number of piperazine rings is 1. The SMILES string of the molecule is CC(C)C(C#N)(CCCN1CCN(CCNS(=O)(=O)c2ccc(F)cc2)CC1)c1ccccc1. The Hall–Kier alpha value is -2.31. The molecule has 0 amide bonds. The lowest BCUT2D eigenvalue weighted by Gasteiger charge is -2.36. The summed E-state index contributed by atoms with van der Waals surface area (Å²) >= 11 is 0. The van der Waals surface area contributed by atoms with Gasteiger partial charge in [-0.1, -0.05) is 44.2 Å². The lowest BCUT2D eigenvalue weighted by molar-refractivity contribution is 0.130. The Morgan fingerprint density at radius 2 is 1.59 bits per heavy atom. The first-order chi connectivity index (χ1) is 16.3. The van der Waals surface area contributed by atoms with Gasteiger partial charge in [0.1, 0.15) is 5.82 Å². The van der Waals surface area contributed by atoms with Gasteiger partial charge in [-0.3, -0.25) is 4.90 Å². The predicted octanol–water partition coefficient (Wildman–Crippen LogP) is 3.62. The maximum Gasteiger partial charge on any atom is 0.240 e. The zero-order chi connectivity index (χ0) is 24.6. The number of nitriles is 1. The fourth-order valence-corrected chi connectivity index (χ4v) is 5.63. The molecule has 2 aromatic carbocycles. The molecular weight excluding hydrogens is 451 g/mol. The van der Waals surface area contributed by atoms with E-state index in [0.29, 0.717) is 13.1 Å². The molecule has 1 aliphatic heterocycles. The van der Waals surface area contributed by atoms with Gasteiger partial charge in [0.2, 0.25) is 10.0 Å². The topological polar surface area (TPSA) is 76.4 Å². The van der Waals surface area contributed by atoms with Crippen molar-refractivity contribution in [3.8, 4) is 6.07 Å². The third-order valence-corrected chi connectivity index (χ3v) is 8.31. The van der Waals surface area contributed by atoms with Gasteiger partial charge in [-0.2, -0.15) is 5.26 Å². The van der Waals surface area contributed by atoms with Crippen LogP contribution < -0.4 is 4.72 Å². The van der Waals surface area contributed by atoms with Crippen molar-refractivity contribution in [1.82, 2.24) is 14.5 Å². The number of sulfonamides is 1. The van der Waals surface area contributed by atoms with Crippen molar-refractivity contribution in [2.24, 2.45) is 5.92 Å². The van der Waals surface area contributed by atoms with E-state index >= 15 is 0 Å². The van der Waals surface area contributed by atoms with Crippen LogP contribution in [0.3, 0.4) is 0 Å². The number of rotatable bonds is 11. The number of benzene rings is 2. The molecule has 3 rings (SSSR count). The minimum absolute atomic E-state index is 0.0732. The first kappa shape index (κ1) is 26.3. The molecule has 1 atom stereocenters. The highest BCUT2D eigenvalue weighted by Crippen LogP contribution is 2.36. The molecule has 34 heavy (non-hydrogen) atoms. The average Bonchev–Trinajstić information content (AvgIpc) is 2.83. The van der Waals surface area contributed by atoms with Crippen LogP contribution in [0.4, 0.5) is 4.39 Å². The van der Waals surface area contributed by atoms with Gasteiger partial charge in [0.25, 0.3) is 0 Å². The summed E-state index contributed by atoms with van der Waals surface area (Å²) in [4.78, 5) is 4.75. The Labute approximate surface area is 203 Å². The number of halogens is 1. The van der Waals surface area contributed by atoms with Gasteiger partial charge in [0.05, 0.1) is 16.4 Å². The summed E-state index contributed by atoms with van der Waals surface area (Å²) in [5, 5.41) is 10.1. The third-order valence-electron chi connectivity index (χ3n) is 6.83. The molecule has 0 saturated carbocycles. The standard InChI is InChI=1S/C26H35FN4O2S/c1-22(2)26(21-28,23-7-4-3-5-8-23)13-6-15-30-17-19-31(20-18-30)16-14-29-34(32,33)25-11-9-24(27)10-12-25/h3-5,7-12,22,29H,6,13-20H2,1-2H3. The van der Waals surface area contributed by atoms with Crippen molar-refractivity contribution in [3.63, 3.8) is 0 Å². The molecule has 1 saturated heterocycles. The normalized spacial score (nSPS) is 17.4. The molecule has 0 aliphatic carbocycles. The van der Waals surface area contributed by atoms with E-state index in [2.05, 4.69) is 46.6 Å². The van der Waals surface area contributed by atoms with Crippen LogP contribution in [0.25, 0.3) is 0 Å². The zero-order valence-electron chi connectivity index (χ0n) is 20.1. The van der Waals surface area contributed by atoms with Crippen molar-refractivity contribution in [2.75, 3.05) is 45.8 Å². The molecule has 0 aromatic heterocycles. The van der Waals surface area contributed by atoms with Crippen LogP contribution in [0.5, 0.6) is 0 Å². The highest BCUT2D eigenvalue weighted by atomic mass is 32.2. The van der Waals surface area contributed by atoms with Crippen molar-refractivity contribution >= 4 is 10.0 Å². The van der Waals surface area contributed by atoms with Crippen LogP contribution in [-0.2, 0) is 15.4 Å². The van der Waals surface area contributed by atoms with E-state index < -0.39 is 21.3 Å². The Morgan fingerprint density at radius 1 is 1.00 bits per heavy atom. The minimum atomic E-state index is -3.63. The van der Waals surface area contributed by atoms with Crippen LogP contribution in [0, 0.1) is 23.1 Å². The molecule has 184 valence electrons. The van der Waals surface area contributed by atoms with Gasteiger partial charge >= 0.3 is 0 Å². The van der Waals surface area contributed by atoms with Gasteiger partial charge in [0, 0.05) is 39.3 Å². The second kappa shape index (κ2) is 11.9. The number of hydrogen-bond acceptors (Lipinski definition) is 5. The molecular formula is C26H35FN4O2S. The summed E-state index contributed by atoms with van der Waals surface area (Å²) in [6.45, 7) is 9.76. The Kier molecular flexibility index (Phi) is 9.20. The van der Waals surface area contributed by atoms with Crippen LogP contribution in [0.1, 0.15) is 32.3 Å². The van der Waals surface area contributed by atoms with E-state index in [0.717, 1.165) is 63.3 Å². The first-order valence-corrected chi connectivity index (χ1v) is 13.4. The molecule has 6 nitrogen and oxygen atoms in total. The fourth-order valence-electron chi connectivity index (χ4n) is 4.60. The summed E-state index contributed by atoms with van der Waals surface area (Å²) in [6.07, 6.45) is 1.79. The Balaban J connectivity index is 1.41. The van der Waals surface area contributed by atoms with E-state index in [4.69, 9.17) is 0 Å².